The van der Waals surface area contributed by atoms with E-state index in [-0.39, 0.29) is 42.5 Å². The second kappa shape index (κ2) is 15.7. The van der Waals surface area contributed by atoms with Crippen LogP contribution in [-0.4, -0.2) is 57.9 Å². The van der Waals surface area contributed by atoms with E-state index in [1.807, 2.05) is 78.2 Å². The van der Waals surface area contributed by atoms with Gasteiger partial charge < -0.3 is 35.1 Å². The van der Waals surface area contributed by atoms with Gasteiger partial charge in [0, 0.05) is 50.2 Å². The first-order valence-corrected chi connectivity index (χ1v) is 18.0. The van der Waals surface area contributed by atoms with Crippen molar-refractivity contribution >= 4 is 17.1 Å². The van der Waals surface area contributed by atoms with Gasteiger partial charge in [0.25, 0.3) is 0 Å². The Morgan fingerprint density at radius 3 is 2.33 bits per heavy atom. The van der Waals surface area contributed by atoms with E-state index in [1.165, 1.54) is 0 Å². The molecule has 1 aromatic heterocycles. The number of likely N-dealkylation sites (tertiary alicyclic amines) is 1. The number of aromatic amines is 1. The molecule has 0 unspecified atom stereocenters. The van der Waals surface area contributed by atoms with Gasteiger partial charge in [0.15, 0.2) is 6.29 Å². The average molecular weight is 690 g/mol. The van der Waals surface area contributed by atoms with Crippen LogP contribution in [0.15, 0.2) is 102 Å². The van der Waals surface area contributed by atoms with Crippen LogP contribution >= 0.6 is 0 Å². The lowest BCUT2D eigenvalue weighted by atomic mass is 9.89. The zero-order valence-electron chi connectivity index (χ0n) is 29.3. The van der Waals surface area contributed by atoms with E-state index in [2.05, 4.69) is 57.8 Å². The van der Waals surface area contributed by atoms with Gasteiger partial charge in [-0.2, -0.15) is 0 Å². The number of hydrogen-bond acceptors (Lipinski definition) is 6. The van der Waals surface area contributed by atoms with Crippen molar-refractivity contribution in [3.05, 3.63) is 130 Å². The van der Waals surface area contributed by atoms with Crippen molar-refractivity contribution in [1.29, 1.82) is 0 Å². The molecule has 2 aliphatic heterocycles. The number of H-pyrrole nitrogens is 1. The number of benzene rings is 4. The summed E-state index contributed by atoms with van der Waals surface area (Å²) in [5, 5.41) is 15.4. The van der Waals surface area contributed by atoms with Gasteiger partial charge in [0.05, 0.1) is 29.8 Å². The van der Waals surface area contributed by atoms with Crippen LogP contribution in [0.3, 0.4) is 0 Å². The molecule has 4 atom stereocenters. The Morgan fingerprint density at radius 2 is 1.59 bits per heavy atom. The number of aliphatic hydroxyl groups is 1. The molecule has 4 N–H and O–H groups in total. The predicted octanol–water partition coefficient (Wildman–Crippen LogP) is 6.44. The number of carbonyl (C=O) groups excluding carboxylic acids is 1. The van der Waals surface area contributed by atoms with Crippen LogP contribution in [-0.2, 0) is 22.6 Å². The van der Waals surface area contributed by atoms with Crippen LogP contribution in [0, 0.1) is 5.92 Å². The number of aliphatic hydroxyl groups excluding tert-OH is 1. The van der Waals surface area contributed by atoms with Gasteiger partial charge in [-0.05, 0) is 59.7 Å². The topological polar surface area (TPSA) is 121 Å². The van der Waals surface area contributed by atoms with Crippen LogP contribution in [0.5, 0.6) is 0 Å². The predicted molar refractivity (Wildman–Crippen MR) is 198 cm³/mol. The fourth-order valence-electron chi connectivity index (χ4n) is 7.55. The third kappa shape index (κ3) is 7.64. The minimum Gasteiger partial charge on any atom is -0.392 e. The molecule has 266 valence electrons. The van der Waals surface area contributed by atoms with Crippen LogP contribution in [0.1, 0.15) is 67.4 Å². The summed E-state index contributed by atoms with van der Waals surface area (Å²) in [5.41, 5.74) is 7.78. The van der Waals surface area contributed by atoms with E-state index >= 15 is 0 Å². The summed E-state index contributed by atoms with van der Waals surface area (Å²) in [7, 11) is 0. The molecule has 2 amide bonds. The minimum absolute atomic E-state index is 0.00613. The van der Waals surface area contributed by atoms with Crippen LogP contribution in [0.2, 0.25) is 0 Å². The zero-order valence-corrected chi connectivity index (χ0v) is 29.3. The number of urea groups is 1. The normalized spacial score (nSPS) is 21.5. The van der Waals surface area contributed by atoms with Gasteiger partial charge in [0.2, 0.25) is 0 Å². The lowest BCUT2D eigenvalue weighted by Crippen LogP contribution is -2.47. The Morgan fingerprint density at radius 1 is 0.882 bits per heavy atom. The molecule has 0 radical (unpaired) electrons. The molecular formula is C41H47N5O5. The molecule has 10 nitrogen and oxygen atoms in total. The number of aromatic nitrogens is 2. The molecule has 5 aromatic rings. The molecule has 0 saturated carbocycles. The molecule has 10 heteroatoms. The molecule has 51 heavy (non-hydrogen) atoms. The van der Waals surface area contributed by atoms with Gasteiger partial charge in [-0.1, -0.05) is 91.9 Å². The first-order chi connectivity index (χ1) is 24.9. The van der Waals surface area contributed by atoms with Crippen molar-refractivity contribution in [2.24, 2.45) is 5.92 Å². The molecule has 2 saturated heterocycles. The second-order valence-electron chi connectivity index (χ2n) is 13.7. The lowest BCUT2D eigenvalue weighted by molar-refractivity contribution is -0.276. The summed E-state index contributed by atoms with van der Waals surface area (Å²) < 4.78 is 15.5. The summed E-state index contributed by atoms with van der Waals surface area (Å²) in [6.45, 7) is 7.57. The summed E-state index contributed by atoms with van der Waals surface area (Å²) in [5.74, 6) is 0.0683. The van der Waals surface area contributed by atoms with E-state index < -0.39 is 6.29 Å². The number of piperidine rings is 1. The average Bonchev–Trinajstić information content (AvgIpc) is 3.51. The van der Waals surface area contributed by atoms with Crippen molar-refractivity contribution in [2.45, 2.75) is 64.4 Å². The molecule has 2 fully saturated rings. The highest BCUT2D eigenvalue weighted by atomic mass is 16.7. The maximum absolute atomic E-state index is 12.9. The fourth-order valence-corrected chi connectivity index (χ4v) is 7.55. The van der Waals surface area contributed by atoms with Gasteiger partial charge in [-0.3, -0.25) is 4.57 Å². The maximum Gasteiger partial charge on any atom is 0.326 e. The van der Waals surface area contributed by atoms with E-state index in [9.17, 15) is 14.7 Å². The number of ether oxygens (including phenoxy) is 2. The molecular weight excluding hydrogens is 642 g/mol. The first-order valence-electron chi connectivity index (χ1n) is 18.0. The molecule has 0 bridgehead atoms. The van der Waals surface area contributed by atoms with Gasteiger partial charge >= 0.3 is 11.7 Å². The van der Waals surface area contributed by atoms with Crippen molar-refractivity contribution in [3.63, 3.8) is 0 Å². The zero-order chi connectivity index (χ0) is 35.3. The molecule has 0 aliphatic carbocycles. The Balaban J connectivity index is 1.08. The monoisotopic (exact) mass is 689 g/mol. The van der Waals surface area contributed by atoms with Gasteiger partial charge in [-0.15, -0.1) is 0 Å². The van der Waals surface area contributed by atoms with E-state index in [0.29, 0.717) is 13.1 Å². The number of rotatable bonds is 10. The lowest BCUT2D eigenvalue weighted by Gasteiger charge is -2.44. The molecule has 7 rings (SSSR count). The number of imidazole rings is 1. The fraction of sp³-hybridized carbons (Fsp3) is 0.366. The highest BCUT2D eigenvalue weighted by Crippen LogP contribution is 2.42. The number of amides is 2. The maximum atomic E-state index is 12.9. The summed E-state index contributed by atoms with van der Waals surface area (Å²) >= 11 is 0. The van der Waals surface area contributed by atoms with Crippen LogP contribution in [0.25, 0.3) is 22.2 Å². The summed E-state index contributed by atoms with van der Waals surface area (Å²) in [6, 6.07) is 32.3. The molecule has 3 heterocycles. The number of hydrogen-bond donors (Lipinski definition) is 4. The number of nitrogens with one attached hydrogen (secondary N) is 3. The standard InChI is InChI=1S/C41H47N5O5/c1-3-42-40(48)43-24-32-8-4-5-9-34(32)29-16-18-31(19-17-29)39-50-37(27(2)38(51-39)30-14-12-28(26-47)13-15-30)25-45-22-20-33(21-23-45)46-36-11-7-6-10-35(36)44-41(46)49/h4-19,27,33,37-39,47H,3,20-26H2,1-2H3,(H,44,49)(H2,42,43,48)/t27-,37+,38+,39+/m0/s1. The summed E-state index contributed by atoms with van der Waals surface area (Å²) in [4.78, 5) is 30.4. The number of para-hydroxylation sites is 2. The smallest absolute Gasteiger partial charge is 0.326 e. The van der Waals surface area contributed by atoms with E-state index in [1.54, 1.807) is 0 Å². The largest absolute Gasteiger partial charge is 0.392 e. The minimum atomic E-state index is -0.570. The third-order valence-electron chi connectivity index (χ3n) is 10.4. The Labute approximate surface area is 298 Å². The number of carbonyl (C=O) groups is 1. The second-order valence-corrected chi connectivity index (χ2v) is 13.7. The summed E-state index contributed by atoms with van der Waals surface area (Å²) in [6.07, 6.45) is 0.899. The van der Waals surface area contributed by atoms with Crippen molar-refractivity contribution < 1.29 is 19.4 Å². The van der Waals surface area contributed by atoms with Crippen LogP contribution in [0.4, 0.5) is 4.79 Å². The van der Waals surface area contributed by atoms with E-state index in [4.69, 9.17) is 9.47 Å². The van der Waals surface area contributed by atoms with E-state index in [0.717, 1.165) is 76.9 Å². The van der Waals surface area contributed by atoms with Gasteiger partial charge in [0.1, 0.15) is 0 Å². The Hall–Kier alpha value is -4.74. The third-order valence-corrected chi connectivity index (χ3v) is 10.4. The Bertz CT molecular complexity index is 1980. The van der Waals surface area contributed by atoms with Crippen LogP contribution < -0.4 is 16.3 Å². The SMILES string of the molecule is CCNC(=O)NCc1ccccc1-c1ccc([C@@H]2O[C@H](CN3CCC(n4c(=O)[nH]c5ccccc54)CC3)[C@H](C)[C@H](c3ccc(CO)cc3)O2)cc1. The van der Waals surface area contributed by atoms with Crippen molar-refractivity contribution in [1.82, 2.24) is 25.1 Å². The van der Waals surface area contributed by atoms with Crippen molar-refractivity contribution in [2.75, 3.05) is 26.2 Å². The number of fused-ring (bicyclic) bond motifs is 1. The quantitative estimate of drug-likeness (QED) is 0.134. The molecule has 4 aromatic carbocycles. The first kappa shape index (κ1) is 34.7. The number of nitrogens with zero attached hydrogens (tertiary/aromatic N) is 2. The van der Waals surface area contributed by atoms with Crippen molar-refractivity contribution in [3.8, 4) is 11.1 Å². The Kier molecular flexibility index (Phi) is 10.6. The molecule has 2 aliphatic rings. The highest BCUT2D eigenvalue weighted by molar-refractivity contribution is 5.75. The van der Waals surface area contributed by atoms with Gasteiger partial charge in [-0.25, -0.2) is 9.59 Å². The molecule has 0 spiro atoms. The highest BCUT2D eigenvalue weighted by Gasteiger charge is 2.39.